The number of nitrogens with one attached hydrogen (secondary N) is 4. The van der Waals surface area contributed by atoms with Crippen molar-refractivity contribution in [2.45, 2.75) is 52.0 Å². The summed E-state index contributed by atoms with van der Waals surface area (Å²) in [5, 5.41) is 21.9. The number of ether oxygens (including phenoxy) is 6. The number of rotatable bonds is 22. The van der Waals surface area contributed by atoms with Crippen LogP contribution < -0.4 is 21.3 Å². The molecule has 63 heavy (non-hydrogen) atoms. The van der Waals surface area contributed by atoms with E-state index in [0.717, 1.165) is 0 Å². The number of carbonyl (C=O) groups excluding carboxylic acids is 5. The number of hydrogen-bond acceptors (Lipinski definition) is 15. The minimum Gasteiger partial charge on any atom is -0.481 e. The van der Waals surface area contributed by atoms with E-state index in [2.05, 4.69) is 21.3 Å². The van der Waals surface area contributed by atoms with Crippen molar-refractivity contribution in [2.24, 2.45) is 0 Å². The quantitative estimate of drug-likeness (QED) is 0.0635. The van der Waals surface area contributed by atoms with Gasteiger partial charge in [0.15, 0.2) is 0 Å². The molecule has 0 aliphatic carbocycles. The lowest BCUT2D eigenvalue weighted by Crippen LogP contribution is -2.47. The lowest BCUT2D eigenvalue weighted by Gasteiger charge is -2.31. The van der Waals surface area contributed by atoms with Gasteiger partial charge in [-0.05, 0) is 51.0 Å². The molecule has 5 N–H and O–H groups in total. The smallest absolute Gasteiger partial charge is 0.336 e. The number of hydrogen-bond donors (Lipinski definition) is 5. The summed E-state index contributed by atoms with van der Waals surface area (Å²) >= 11 is 13.1. The van der Waals surface area contributed by atoms with Gasteiger partial charge in [-0.3, -0.25) is 9.59 Å². The molecule has 4 rings (SSSR count). The molecule has 340 valence electrons. The first-order chi connectivity index (χ1) is 30.2. The van der Waals surface area contributed by atoms with Crippen molar-refractivity contribution in [3.05, 3.63) is 115 Å². The number of benzene rings is 2. The van der Waals surface area contributed by atoms with E-state index in [1.54, 1.807) is 76.2 Å². The summed E-state index contributed by atoms with van der Waals surface area (Å²) in [6.07, 6.45) is -0.552. The molecule has 0 aromatic heterocycles. The third-order valence-electron chi connectivity index (χ3n) is 9.89. The largest absolute Gasteiger partial charge is 0.481 e. The SMILES string of the molecule is CCOC(=O)C1=C(COCCNC(=O)[C@H](CC(=O)O)NCCOCC2=C(C(=O)OCC)C(c3ccccc3Cl)C(C(=O)OC)=C(C)N2)NC(C)=C(C(=O)OC)C1c1ccccc1Cl. The van der Waals surface area contributed by atoms with Crippen LogP contribution in [-0.4, -0.2) is 114 Å². The van der Waals surface area contributed by atoms with E-state index in [1.807, 2.05) is 0 Å². The summed E-state index contributed by atoms with van der Waals surface area (Å²) in [6, 6.07) is 12.4. The Kier molecular flexibility index (Phi) is 19.2. The van der Waals surface area contributed by atoms with Gasteiger partial charge in [0.25, 0.3) is 0 Å². The molecule has 3 atom stereocenters. The number of amides is 1. The zero-order valence-corrected chi connectivity index (χ0v) is 37.3. The first-order valence-corrected chi connectivity index (χ1v) is 20.8. The number of allylic oxidation sites excluding steroid dienone is 2. The van der Waals surface area contributed by atoms with Crippen molar-refractivity contribution >= 4 is 59.0 Å². The van der Waals surface area contributed by atoms with Crippen LogP contribution in [0, 0.1) is 0 Å². The Hall–Kier alpha value is -5.72. The number of carboxylic acids is 1. The van der Waals surface area contributed by atoms with Gasteiger partial charge in [0, 0.05) is 34.5 Å². The number of aliphatic carboxylic acids is 1. The van der Waals surface area contributed by atoms with Gasteiger partial charge < -0.3 is 54.8 Å². The van der Waals surface area contributed by atoms with Crippen LogP contribution in [-0.2, 0) is 57.2 Å². The molecular formula is C44H52Cl2N4O13. The zero-order chi connectivity index (χ0) is 46.2. The Morgan fingerprint density at radius 3 is 1.49 bits per heavy atom. The predicted octanol–water partition coefficient (Wildman–Crippen LogP) is 4.18. The predicted molar refractivity (Wildman–Crippen MR) is 230 cm³/mol. The van der Waals surface area contributed by atoms with E-state index in [0.29, 0.717) is 44.0 Å². The van der Waals surface area contributed by atoms with Gasteiger partial charge >= 0.3 is 29.8 Å². The van der Waals surface area contributed by atoms with Crippen molar-refractivity contribution in [3.8, 4) is 0 Å². The van der Waals surface area contributed by atoms with Gasteiger partial charge in [-0.1, -0.05) is 59.6 Å². The molecule has 2 unspecified atom stereocenters. The van der Waals surface area contributed by atoms with Crippen LogP contribution in [0.4, 0.5) is 0 Å². The summed E-state index contributed by atoms with van der Waals surface area (Å²) in [5.41, 5.74) is 2.91. The van der Waals surface area contributed by atoms with Crippen LogP contribution in [0.1, 0.15) is 57.1 Å². The average molecular weight is 916 g/mol. The second-order valence-corrected chi connectivity index (χ2v) is 14.8. The zero-order valence-electron chi connectivity index (χ0n) is 35.8. The molecule has 17 nitrogen and oxygen atoms in total. The molecule has 2 aromatic rings. The molecule has 0 spiro atoms. The summed E-state index contributed by atoms with van der Waals surface area (Å²) in [5.74, 6) is -6.48. The van der Waals surface area contributed by atoms with E-state index in [1.165, 1.54) is 14.2 Å². The van der Waals surface area contributed by atoms with E-state index >= 15 is 0 Å². The fraction of sp³-hybridized carbons (Fsp3) is 0.409. The van der Waals surface area contributed by atoms with E-state index < -0.39 is 60.1 Å². The topological polar surface area (TPSA) is 226 Å². The highest BCUT2D eigenvalue weighted by atomic mass is 35.5. The Bertz CT molecular complexity index is 2180. The Labute approximate surface area is 375 Å². The molecule has 0 radical (unpaired) electrons. The highest BCUT2D eigenvalue weighted by molar-refractivity contribution is 6.32. The van der Waals surface area contributed by atoms with Crippen LogP contribution in [0.15, 0.2) is 93.6 Å². The van der Waals surface area contributed by atoms with Crippen LogP contribution in [0.2, 0.25) is 10.0 Å². The molecule has 0 fully saturated rings. The third kappa shape index (κ3) is 12.7. The molecule has 2 aromatic carbocycles. The molecule has 19 heteroatoms. The minimum absolute atomic E-state index is 0.0250. The lowest BCUT2D eigenvalue weighted by molar-refractivity contribution is -0.140. The van der Waals surface area contributed by atoms with Crippen LogP contribution in [0.5, 0.6) is 0 Å². The molecule has 0 saturated heterocycles. The molecule has 2 aliphatic rings. The summed E-state index contributed by atoms with van der Waals surface area (Å²) in [4.78, 5) is 77.9. The summed E-state index contributed by atoms with van der Waals surface area (Å²) < 4.78 is 32.7. The number of dihydropyridines is 2. The van der Waals surface area contributed by atoms with Crippen molar-refractivity contribution in [3.63, 3.8) is 0 Å². The van der Waals surface area contributed by atoms with Crippen LogP contribution in [0.3, 0.4) is 0 Å². The van der Waals surface area contributed by atoms with Gasteiger partial charge in [0.1, 0.15) is 0 Å². The van der Waals surface area contributed by atoms with Crippen LogP contribution in [0.25, 0.3) is 0 Å². The van der Waals surface area contributed by atoms with Gasteiger partial charge in [-0.2, -0.15) is 0 Å². The molecule has 0 bridgehead atoms. The highest BCUT2D eigenvalue weighted by Crippen LogP contribution is 2.43. The second-order valence-electron chi connectivity index (χ2n) is 13.9. The monoisotopic (exact) mass is 914 g/mol. The Morgan fingerprint density at radius 2 is 1.10 bits per heavy atom. The number of halogens is 2. The molecule has 1 amide bonds. The number of methoxy groups -OCH3 is 2. The van der Waals surface area contributed by atoms with Gasteiger partial charge in [0.2, 0.25) is 5.91 Å². The maximum Gasteiger partial charge on any atom is 0.336 e. The highest BCUT2D eigenvalue weighted by Gasteiger charge is 2.41. The number of esters is 4. The molecule has 2 heterocycles. The lowest BCUT2D eigenvalue weighted by atomic mass is 9.80. The molecule has 2 aliphatic heterocycles. The third-order valence-corrected chi connectivity index (χ3v) is 10.6. The van der Waals surface area contributed by atoms with Gasteiger partial charge in [-0.25, -0.2) is 19.2 Å². The minimum atomic E-state index is -1.23. The summed E-state index contributed by atoms with van der Waals surface area (Å²) in [7, 11) is 2.47. The first kappa shape index (κ1) is 49.9. The first-order valence-electron chi connectivity index (χ1n) is 20.0. The van der Waals surface area contributed by atoms with Crippen molar-refractivity contribution in [1.29, 1.82) is 0 Å². The van der Waals surface area contributed by atoms with Crippen molar-refractivity contribution < 1.29 is 62.3 Å². The molecule has 0 saturated carbocycles. The molecular weight excluding hydrogens is 863 g/mol. The van der Waals surface area contributed by atoms with Gasteiger partial charge in [0.05, 0.1) is 112 Å². The van der Waals surface area contributed by atoms with Crippen molar-refractivity contribution in [1.82, 2.24) is 21.3 Å². The second kappa shape index (κ2) is 24.2. The number of carbonyl (C=O) groups is 6. The van der Waals surface area contributed by atoms with Gasteiger partial charge in [-0.15, -0.1) is 0 Å². The number of carboxylic acid groups (broad SMARTS) is 1. The Morgan fingerprint density at radius 1 is 0.667 bits per heavy atom. The maximum absolute atomic E-state index is 13.5. The van der Waals surface area contributed by atoms with E-state index in [-0.39, 0.29) is 75.0 Å². The average Bonchev–Trinajstić information content (AvgIpc) is 3.25. The normalized spacial score (nSPS) is 16.8. The fourth-order valence-corrected chi connectivity index (χ4v) is 7.67. The fourth-order valence-electron chi connectivity index (χ4n) is 7.18. The van der Waals surface area contributed by atoms with Crippen molar-refractivity contribution in [2.75, 3.05) is 67.0 Å². The Balaban J connectivity index is 1.41. The maximum atomic E-state index is 13.5. The summed E-state index contributed by atoms with van der Waals surface area (Å²) in [6.45, 7) is 6.32. The van der Waals surface area contributed by atoms with E-state index in [9.17, 15) is 33.9 Å². The standard InChI is InChI=1S/C44H52Cl2N4O13/c1-7-62-43(56)38-31(49-24(3)34(41(54)58-5)36(38)26-13-9-11-15-28(26)45)22-60-19-17-47-30(21-33(51)52)40(53)48-18-20-61-23-32-39(44(57)63-8-2)37(27-14-10-12-16-29(27)46)35(25(4)50-32)42(55)59-6/h9-16,30,36-37,47,49-50H,7-8,17-23H2,1-6H3,(H,48,53)(H,51,52)/t30-,36?,37?/m0/s1. The van der Waals surface area contributed by atoms with Crippen LogP contribution >= 0.6 is 23.2 Å². The van der Waals surface area contributed by atoms with E-state index in [4.69, 9.17) is 51.6 Å².